The number of thioether (sulfide) groups is 1. The molecule has 0 fully saturated rings. The lowest BCUT2D eigenvalue weighted by atomic mass is 9.98. The van der Waals surface area contributed by atoms with Crippen LogP contribution in [0, 0.1) is 0 Å². The van der Waals surface area contributed by atoms with E-state index in [9.17, 15) is 4.79 Å². The third kappa shape index (κ3) is 7.68. The molecule has 0 aromatic rings. The Bertz CT molecular complexity index is 183. The van der Waals surface area contributed by atoms with Crippen molar-refractivity contribution < 1.29 is 9.90 Å². The molecule has 15 heavy (non-hydrogen) atoms. The van der Waals surface area contributed by atoms with Crippen molar-refractivity contribution >= 4 is 17.7 Å². The fourth-order valence-corrected chi connectivity index (χ4v) is 2.17. The molecule has 0 bridgehead atoms. The standard InChI is InChI=1S/C11H23NO2S/c1-3-4-5-8-15-9-6-7-11(2,12)10(13)14/h3-9,12H2,1-2H3,(H,13,14). The van der Waals surface area contributed by atoms with Gasteiger partial charge in [0, 0.05) is 0 Å². The Hall–Kier alpha value is -0.220. The molecule has 1 unspecified atom stereocenters. The predicted molar refractivity (Wildman–Crippen MR) is 66.3 cm³/mol. The van der Waals surface area contributed by atoms with Gasteiger partial charge < -0.3 is 10.8 Å². The Morgan fingerprint density at radius 3 is 2.47 bits per heavy atom. The molecule has 0 saturated heterocycles. The van der Waals surface area contributed by atoms with E-state index in [4.69, 9.17) is 10.8 Å². The predicted octanol–water partition coefficient (Wildman–Crippen LogP) is 2.49. The van der Waals surface area contributed by atoms with Crippen LogP contribution in [0.4, 0.5) is 0 Å². The summed E-state index contributed by atoms with van der Waals surface area (Å²) in [5, 5.41) is 8.78. The molecule has 0 aliphatic heterocycles. The molecular formula is C11H23NO2S. The topological polar surface area (TPSA) is 63.3 Å². The van der Waals surface area contributed by atoms with Crippen molar-refractivity contribution in [2.75, 3.05) is 11.5 Å². The summed E-state index contributed by atoms with van der Waals surface area (Å²) in [7, 11) is 0. The highest BCUT2D eigenvalue weighted by atomic mass is 32.2. The Labute approximate surface area is 96.8 Å². The molecule has 0 radical (unpaired) electrons. The lowest BCUT2D eigenvalue weighted by Crippen LogP contribution is -2.44. The molecule has 0 aliphatic rings. The van der Waals surface area contributed by atoms with Gasteiger partial charge in [0.25, 0.3) is 0 Å². The van der Waals surface area contributed by atoms with Gasteiger partial charge in [0.1, 0.15) is 5.54 Å². The smallest absolute Gasteiger partial charge is 0.323 e. The lowest BCUT2D eigenvalue weighted by molar-refractivity contribution is -0.142. The molecule has 0 aromatic carbocycles. The maximum atomic E-state index is 10.7. The minimum Gasteiger partial charge on any atom is -0.480 e. The van der Waals surface area contributed by atoms with E-state index in [1.165, 1.54) is 25.0 Å². The van der Waals surface area contributed by atoms with Crippen LogP contribution in [-0.4, -0.2) is 28.1 Å². The molecule has 3 nitrogen and oxygen atoms in total. The Morgan fingerprint density at radius 2 is 1.93 bits per heavy atom. The van der Waals surface area contributed by atoms with Gasteiger partial charge in [0.15, 0.2) is 0 Å². The SMILES string of the molecule is CCCCCSCCCC(C)(N)C(=O)O. The molecule has 0 amide bonds. The lowest BCUT2D eigenvalue weighted by Gasteiger charge is -2.18. The molecule has 0 heterocycles. The summed E-state index contributed by atoms with van der Waals surface area (Å²) in [5.41, 5.74) is 4.56. The van der Waals surface area contributed by atoms with Gasteiger partial charge in [-0.25, -0.2) is 0 Å². The van der Waals surface area contributed by atoms with E-state index in [0.29, 0.717) is 6.42 Å². The number of nitrogens with two attached hydrogens (primary N) is 1. The Kier molecular flexibility index (Phi) is 7.88. The maximum Gasteiger partial charge on any atom is 0.323 e. The van der Waals surface area contributed by atoms with Gasteiger partial charge in [0.05, 0.1) is 0 Å². The van der Waals surface area contributed by atoms with Crippen molar-refractivity contribution in [2.24, 2.45) is 5.73 Å². The summed E-state index contributed by atoms with van der Waals surface area (Å²) in [6.07, 6.45) is 5.25. The highest BCUT2D eigenvalue weighted by Crippen LogP contribution is 2.14. The zero-order chi connectivity index (χ0) is 11.7. The van der Waals surface area contributed by atoms with Gasteiger partial charge in [-0.1, -0.05) is 19.8 Å². The van der Waals surface area contributed by atoms with Crippen LogP contribution in [0.15, 0.2) is 0 Å². The average molecular weight is 233 g/mol. The molecule has 1 atom stereocenters. The summed E-state index contributed by atoms with van der Waals surface area (Å²) < 4.78 is 0. The van der Waals surface area contributed by atoms with Crippen LogP contribution in [0.2, 0.25) is 0 Å². The van der Waals surface area contributed by atoms with Crippen LogP contribution in [0.1, 0.15) is 46.0 Å². The number of hydrogen-bond acceptors (Lipinski definition) is 3. The first-order chi connectivity index (χ1) is 7.00. The number of carboxylic acids is 1. The summed E-state index contributed by atoms with van der Waals surface area (Å²) in [6.45, 7) is 3.77. The molecule has 4 heteroatoms. The summed E-state index contributed by atoms with van der Waals surface area (Å²) in [5.74, 6) is 1.30. The monoisotopic (exact) mass is 233 g/mol. The summed E-state index contributed by atoms with van der Waals surface area (Å²) in [6, 6.07) is 0. The first kappa shape index (κ1) is 14.8. The summed E-state index contributed by atoms with van der Waals surface area (Å²) in [4.78, 5) is 10.7. The highest BCUT2D eigenvalue weighted by molar-refractivity contribution is 7.99. The first-order valence-electron chi connectivity index (χ1n) is 5.60. The second kappa shape index (κ2) is 7.99. The summed E-state index contributed by atoms with van der Waals surface area (Å²) >= 11 is 1.90. The molecule has 3 N–H and O–H groups in total. The van der Waals surface area contributed by atoms with Gasteiger partial charge in [-0.15, -0.1) is 0 Å². The number of hydrogen-bond donors (Lipinski definition) is 2. The molecule has 0 aliphatic carbocycles. The van der Waals surface area contributed by atoms with Crippen LogP contribution in [-0.2, 0) is 4.79 Å². The van der Waals surface area contributed by atoms with Crippen molar-refractivity contribution in [2.45, 2.75) is 51.5 Å². The molecule has 0 aromatic heterocycles. The number of rotatable bonds is 9. The van der Waals surface area contributed by atoms with Crippen molar-refractivity contribution in [1.29, 1.82) is 0 Å². The van der Waals surface area contributed by atoms with Crippen LogP contribution in [0.5, 0.6) is 0 Å². The number of aliphatic carboxylic acids is 1. The second-order valence-electron chi connectivity index (χ2n) is 4.15. The van der Waals surface area contributed by atoms with Gasteiger partial charge >= 0.3 is 5.97 Å². The quantitative estimate of drug-likeness (QED) is 0.601. The van der Waals surface area contributed by atoms with Crippen molar-refractivity contribution in [3.8, 4) is 0 Å². The highest BCUT2D eigenvalue weighted by Gasteiger charge is 2.26. The van der Waals surface area contributed by atoms with E-state index in [-0.39, 0.29) is 0 Å². The van der Waals surface area contributed by atoms with Crippen molar-refractivity contribution in [3.63, 3.8) is 0 Å². The third-order valence-electron chi connectivity index (χ3n) is 2.37. The van der Waals surface area contributed by atoms with E-state index in [0.717, 1.165) is 12.2 Å². The van der Waals surface area contributed by atoms with Crippen LogP contribution in [0.25, 0.3) is 0 Å². The largest absolute Gasteiger partial charge is 0.480 e. The Morgan fingerprint density at radius 1 is 1.33 bits per heavy atom. The van der Waals surface area contributed by atoms with E-state index in [1.54, 1.807) is 6.92 Å². The van der Waals surface area contributed by atoms with Crippen molar-refractivity contribution in [3.05, 3.63) is 0 Å². The number of unbranched alkanes of at least 4 members (excludes halogenated alkanes) is 2. The number of carbonyl (C=O) groups is 1. The molecule has 0 rings (SSSR count). The van der Waals surface area contributed by atoms with Crippen LogP contribution >= 0.6 is 11.8 Å². The molecular weight excluding hydrogens is 210 g/mol. The minimum absolute atomic E-state index is 0.559. The fourth-order valence-electron chi connectivity index (χ4n) is 1.20. The van der Waals surface area contributed by atoms with E-state index >= 15 is 0 Å². The average Bonchev–Trinajstić information content (AvgIpc) is 2.16. The van der Waals surface area contributed by atoms with E-state index in [2.05, 4.69) is 6.92 Å². The number of carboxylic acid groups (broad SMARTS) is 1. The van der Waals surface area contributed by atoms with E-state index in [1.807, 2.05) is 11.8 Å². The Balaban J connectivity index is 3.35. The fraction of sp³-hybridized carbons (Fsp3) is 0.909. The zero-order valence-electron chi connectivity index (χ0n) is 9.79. The minimum atomic E-state index is -1.05. The van der Waals surface area contributed by atoms with Crippen LogP contribution < -0.4 is 5.73 Å². The molecule has 90 valence electrons. The zero-order valence-corrected chi connectivity index (χ0v) is 10.6. The van der Waals surface area contributed by atoms with Gasteiger partial charge in [-0.05, 0) is 37.7 Å². The first-order valence-corrected chi connectivity index (χ1v) is 6.76. The van der Waals surface area contributed by atoms with Gasteiger partial charge in [-0.3, -0.25) is 4.79 Å². The molecule has 0 saturated carbocycles. The van der Waals surface area contributed by atoms with Crippen molar-refractivity contribution in [1.82, 2.24) is 0 Å². The third-order valence-corrected chi connectivity index (χ3v) is 3.52. The molecule has 0 spiro atoms. The van der Waals surface area contributed by atoms with E-state index < -0.39 is 11.5 Å². The maximum absolute atomic E-state index is 10.7. The van der Waals surface area contributed by atoms with Gasteiger partial charge in [0.2, 0.25) is 0 Å². The normalized spacial score (nSPS) is 14.9. The second-order valence-corrected chi connectivity index (χ2v) is 5.37. The van der Waals surface area contributed by atoms with Gasteiger partial charge in [-0.2, -0.15) is 11.8 Å². The van der Waals surface area contributed by atoms with Crippen LogP contribution in [0.3, 0.4) is 0 Å².